The number of benzene rings is 1. The minimum Gasteiger partial charge on any atom is -0.444 e. The number of carbonyl (C=O) groups is 3. The Balaban J connectivity index is 1.15. The number of pyridine rings is 1. The maximum absolute atomic E-state index is 13.0. The predicted octanol–water partition coefficient (Wildman–Crippen LogP) is 4.34. The number of aromatic nitrogens is 4. The minimum absolute atomic E-state index is 0.0143. The number of carbonyl (C=O) groups excluding carboxylic acids is 3. The Bertz CT molecular complexity index is 1840. The fourth-order valence-electron chi connectivity index (χ4n) is 4.46. The first-order chi connectivity index (χ1) is 26.2. The highest BCUT2D eigenvalue weighted by Gasteiger charge is 2.27. The quantitative estimate of drug-likeness (QED) is 0.0868. The lowest BCUT2D eigenvalue weighted by Gasteiger charge is -2.19. The zero-order chi connectivity index (χ0) is 39.8. The van der Waals surface area contributed by atoms with E-state index in [1.165, 1.54) is 29.2 Å². The summed E-state index contributed by atoms with van der Waals surface area (Å²) in [6.07, 6.45) is -1.20. The lowest BCUT2D eigenvalue weighted by atomic mass is 10.2. The lowest BCUT2D eigenvalue weighted by molar-refractivity contribution is -0.115. The molecule has 0 fully saturated rings. The van der Waals surface area contributed by atoms with E-state index in [0.717, 1.165) is 11.8 Å². The van der Waals surface area contributed by atoms with Crippen molar-refractivity contribution in [1.29, 1.82) is 0 Å². The van der Waals surface area contributed by atoms with Gasteiger partial charge < -0.3 is 49.8 Å². The van der Waals surface area contributed by atoms with E-state index in [4.69, 9.17) is 33.8 Å². The second kappa shape index (κ2) is 20.2. The lowest BCUT2D eigenvalue weighted by Crippen LogP contribution is -2.34. The van der Waals surface area contributed by atoms with E-state index < -0.39 is 36.2 Å². The van der Waals surface area contributed by atoms with Crippen molar-refractivity contribution in [2.75, 3.05) is 70.0 Å². The molecule has 0 saturated heterocycles. The molecule has 1 aromatic carbocycles. The molecule has 0 bridgehead atoms. The number of nitrogens with zero attached hydrogens (tertiary/aromatic N) is 4. The molecule has 3 amide bonds. The van der Waals surface area contributed by atoms with Crippen molar-refractivity contribution < 1.29 is 55.7 Å². The number of anilines is 2. The molecule has 0 spiro atoms. The summed E-state index contributed by atoms with van der Waals surface area (Å²) in [5, 5.41) is 11.5. The van der Waals surface area contributed by atoms with Crippen LogP contribution in [-0.4, -0.2) is 109 Å². The molecule has 0 radical (unpaired) electrons. The van der Waals surface area contributed by atoms with Gasteiger partial charge in [-0.1, -0.05) is 12.1 Å². The van der Waals surface area contributed by atoms with Crippen molar-refractivity contribution in [3.05, 3.63) is 72.0 Å². The third kappa shape index (κ3) is 15.0. The number of rotatable bonds is 21. The Morgan fingerprint density at radius 1 is 0.909 bits per heavy atom. The fourth-order valence-corrected chi connectivity index (χ4v) is 4.46. The van der Waals surface area contributed by atoms with Gasteiger partial charge >= 0.3 is 12.3 Å². The summed E-state index contributed by atoms with van der Waals surface area (Å²) in [5.41, 5.74) is 6.30. The van der Waals surface area contributed by atoms with Gasteiger partial charge in [0, 0.05) is 18.3 Å². The maximum Gasteiger partial charge on any atom is 0.407 e. The first-order valence-electron chi connectivity index (χ1n) is 17.0. The number of nitrogens with one attached hydrogen (secondary N) is 3. The summed E-state index contributed by atoms with van der Waals surface area (Å²) in [6.45, 7) is 7.35. The van der Waals surface area contributed by atoms with Gasteiger partial charge in [0.15, 0.2) is 11.4 Å². The van der Waals surface area contributed by atoms with Crippen molar-refractivity contribution in [3.8, 4) is 17.1 Å². The first-order valence-corrected chi connectivity index (χ1v) is 17.0. The molecule has 0 saturated carbocycles. The molecule has 17 nitrogen and oxygen atoms in total. The topological polar surface area (TPSA) is 216 Å². The number of hydrogen-bond acceptors (Lipinski definition) is 13. The molecular formula is C35H43F3N8O9. The molecule has 55 heavy (non-hydrogen) atoms. The fraction of sp³-hybridized carbons (Fsp3) is 0.429. The van der Waals surface area contributed by atoms with Gasteiger partial charge in [-0.05, 0) is 50.6 Å². The van der Waals surface area contributed by atoms with Gasteiger partial charge in [0.25, 0.3) is 11.8 Å². The molecule has 0 aliphatic rings. The van der Waals surface area contributed by atoms with Crippen LogP contribution in [0.25, 0.3) is 17.1 Å². The summed E-state index contributed by atoms with van der Waals surface area (Å²) in [7, 11) is 0. The molecular weight excluding hydrogens is 733 g/mol. The number of alkyl carbamates (subject to hydrolysis) is 1. The third-order valence-electron chi connectivity index (χ3n) is 6.91. The number of ether oxygens (including phenoxy) is 5. The Morgan fingerprint density at radius 3 is 2.20 bits per heavy atom. The van der Waals surface area contributed by atoms with Crippen molar-refractivity contribution in [2.45, 2.75) is 39.2 Å². The SMILES string of the molecule is CC(C)(C)OC(=O)NCCOCCOCCOCCOCc1ccc(-n2cc(NC(=O)c3coc(-c4ccnc(NCC(F)(F)F)c4)n3)c(C(N)=O)n2)cc1. The smallest absolute Gasteiger partial charge is 0.407 e. The van der Waals surface area contributed by atoms with Crippen molar-refractivity contribution in [3.63, 3.8) is 0 Å². The largest absolute Gasteiger partial charge is 0.444 e. The van der Waals surface area contributed by atoms with Crippen LogP contribution in [0.15, 0.2) is 59.5 Å². The average Bonchev–Trinajstić information content (AvgIpc) is 3.79. The number of alkyl halides is 3. The van der Waals surface area contributed by atoms with Gasteiger partial charge in [0.2, 0.25) is 5.89 Å². The predicted molar refractivity (Wildman–Crippen MR) is 191 cm³/mol. The van der Waals surface area contributed by atoms with Gasteiger partial charge in [0.05, 0.1) is 70.4 Å². The molecule has 5 N–H and O–H groups in total. The van der Waals surface area contributed by atoms with Crippen LogP contribution in [0.3, 0.4) is 0 Å². The molecule has 0 atom stereocenters. The summed E-state index contributed by atoms with van der Waals surface area (Å²) in [6, 6.07) is 9.85. The zero-order valence-corrected chi connectivity index (χ0v) is 30.4. The van der Waals surface area contributed by atoms with E-state index in [-0.39, 0.29) is 34.3 Å². The Labute approximate surface area is 314 Å². The zero-order valence-electron chi connectivity index (χ0n) is 30.4. The Kier molecular flexibility index (Phi) is 15.5. The number of halogens is 3. The number of nitrogens with two attached hydrogens (primary N) is 1. The standard InChI is InChI=1S/C35H43F3N8O9/c1-34(2,3)55-33(49)41-10-11-50-12-13-51-14-15-52-16-17-53-20-23-4-6-25(7-5-23)46-19-26(29(45-46)30(39)47)43-31(48)27-21-54-32(44-27)24-8-9-40-28(18-24)42-22-35(36,37)38/h4-9,18-19,21H,10-17,20,22H2,1-3H3,(H2,39,47)(H,40,42)(H,41,49)(H,43,48). The van der Waals surface area contributed by atoms with E-state index in [1.807, 2.05) is 12.1 Å². The van der Waals surface area contributed by atoms with Crippen LogP contribution < -0.4 is 21.7 Å². The number of primary amides is 1. The van der Waals surface area contributed by atoms with E-state index in [9.17, 15) is 27.6 Å². The van der Waals surface area contributed by atoms with Crippen LogP contribution in [0, 0.1) is 0 Å². The highest BCUT2D eigenvalue weighted by atomic mass is 19.4. The van der Waals surface area contributed by atoms with E-state index >= 15 is 0 Å². The molecule has 0 aliphatic carbocycles. The summed E-state index contributed by atoms with van der Waals surface area (Å²) in [5.74, 6) is -1.75. The maximum atomic E-state index is 13.0. The van der Waals surface area contributed by atoms with E-state index in [0.29, 0.717) is 65.1 Å². The van der Waals surface area contributed by atoms with Crippen LogP contribution in [0.5, 0.6) is 0 Å². The van der Waals surface area contributed by atoms with Gasteiger partial charge in [0.1, 0.15) is 24.2 Å². The molecule has 4 rings (SSSR count). The Morgan fingerprint density at radius 2 is 1.56 bits per heavy atom. The van der Waals surface area contributed by atoms with Gasteiger partial charge in [-0.2, -0.15) is 18.3 Å². The van der Waals surface area contributed by atoms with Crippen LogP contribution in [0.1, 0.15) is 47.3 Å². The van der Waals surface area contributed by atoms with Gasteiger partial charge in [-0.25, -0.2) is 19.4 Å². The molecule has 3 aromatic heterocycles. The minimum atomic E-state index is -4.44. The Hall–Kier alpha value is -5.57. The third-order valence-corrected chi connectivity index (χ3v) is 6.91. The van der Waals surface area contributed by atoms with Crippen molar-refractivity contribution in [2.24, 2.45) is 5.73 Å². The second-order valence-corrected chi connectivity index (χ2v) is 12.6. The monoisotopic (exact) mass is 776 g/mol. The summed E-state index contributed by atoms with van der Waals surface area (Å²) < 4.78 is 71.6. The van der Waals surface area contributed by atoms with E-state index in [2.05, 4.69) is 31.0 Å². The molecule has 0 unspecified atom stereocenters. The van der Waals surface area contributed by atoms with Crippen LogP contribution in [0.2, 0.25) is 0 Å². The number of hydrogen-bond donors (Lipinski definition) is 4. The number of oxazole rings is 1. The van der Waals surface area contributed by atoms with Gasteiger partial charge in [-0.15, -0.1) is 0 Å². The molecule has 3 heterocycles. The average molecular weight is 777 g/mol. The summed E-state index contributed by atoms with van der Waals surface area (Å²) in [4.78, 5) is 44.6. The van der Waals surface area contributed by atoms with Crippen LogP contribution in [0.4, 0.5) is 29.5 Å². The second-order valence-electron chi connectivity index (χ2n) is 12.6. The first kappa shape index (κ1) is 42.2. The van der Waals surface area contributed by atoms with Gasteiger partial charge in [-0.3, -0.25) is 9.59 Å². The normalized spacial score (nSPS) is 11.7. The highest BCUT2D eigenvalue weighted by molar-refractivity contribution is 6.07. The molecule has 0 aliphatic heterocycles. The molecule has 298 valence electrons. The summed E-state index contributed by atoms with van der Waals surface area (Å²) >= 11 is 0. The van der Waals surface area contributed by atoms with Crippen LogP contribution >= 0.6 is 0 Å². The molecule has 4 aromatic rings. The number of amides is 3. The highest BCUT2D eigenvalue weighted by Crippen LogP contribution is 2.24. The van der Waals surface area contributed by atoms with Crippen molar-refractivity contribution >= 4 is 29.4 Å². The molecule has 20 heteroatoms. The van der Waals surface area contributed by atoms with E-state index in [1.54, 1.807) is 32.9 Å². The van der Waals surface area contributed by atoms with Crippen LogP contribution in [-0.2, 0) is 30.3 Å². The van der Waals surface area contributed by atoms with Crippen molar-refractivity contribution in [1.82, 2.24) is 25.1 Å².